The molecule has 1 aromatic rings. The first-order chi connectivity index (χ1) is 8.38. The van der Waals surface area contributed by atoms with Crippen molar-refractivity contribution in [3.05, 3.63) is 21.9 Å². The molecule has 1 unspecified atom stereocenters. The van der Waals surface area contributed by atoms with Crippen molar-refractivity contribution in [2.75, 3.05) is 0 Å². The predicted molar refractivity (Wildman–Crippen MR) is 74.1 cm³/mol. The van der Waals surface area contributed by atoms with Crippen LogP contribution in [0.5, 0.6) is 0 Å². The van der Waals surface area contributed by atoms with Gasteiger partial charge in [-0.25, -0.2) is 18.1 Å². The Morgan fingerprint density at radius 2 is 2.28 bits per heavy atom. The first kappa shape index (κ1) is 14.2. The average molecular weight is 354 g/mol. The number of nitrogens with zero attached hydrogens (tertiary/aromatic N) is 1. The number of aromatic nitrogens is 1. The molecule has 0 spiro atoms. The van der Waals surface area contributed by atoms with Crippen molar-refractivity contribution in [3.8, 4) is 0 Å². The normalized spacial score (nSPS) is 17.7. The summed E-state index contributed by atoms with van der Waals surface area (Å²) in [7, 11) is -3.60. The van der Waals surface area contributed by atoms with Gasteiger partial charge in [-0.05, 0) is 41.3 Å². The van der Waals surface area contributed by atoms with E-state index in [4.69, 9.17) is 11.6 Å². The monoisotopic (exact) mass is 352 g/mol. The number of halogens is 2. The SMILES string of the molecule is CC(CC1CC1)NS(=O)(=O)c1cc(Br)cnc1Cl. The highest BCUT2D eigenvalue weighted by atomic mass is 79.9. The summed E-state index contributed by atoms with van der Waals surface area (Å²) in [6.45, 7) is 1.87. The van der Waals surface area contributed by atoms with E-state index in [1.165, 1.54) is 25.1 Å². The zero-order valence-corrected chi connectivity index (χ0v) is 13.0. The Morgan fingerprint density at radius 1 is 1.61 bits per heavy atom. The topological polar surface area (TPSA) is 59.1 Å². The number of nitrogens with one attached hydrogen (secondary N) is 1. The molecule has 1 atom stereocenters. The summed E-state index contributed by atoms with van der Waals surface area (Å²) in [4.78, 5) is 3.84. The maximum atomic E-state index is 12.2. The molecule has 0 aromatic carbocycles. The lowest BCUT2D eigenvalue weighted by molar-refractivity contribution is 0.529. The minimum atomic E-state index is -3.60. The summed E-state index contributed by atoms with van der Waals surface area (Å²) in [6, 6.07) is 1.37. The Bertz CT molecular complexity index is 546. The van der Waals surface area contributed by atoms with Crippen LogP contribution in [0.1, 0.15) is 26.2 Å². The summed E-state index contributed by atoms with van der Waals surface area (Å²) < 4.78 is 27.5. The molecule has 100 valence electrons. The number of rotatable bonds is 5. The Labute approximate surface area is 120 Å². The standard InChI is InChI=1S/C11H14BrClN2O2S/c1-7(4-8-2-3-8)15-18(16,17)10-5-9(12)6-14-11(10)13/h5-8,15H,2-4H2,1H3. The molecule has 1 aliphatic carbocycles. The molecule has 2 rings (SSSR count). The fourth-order valence-corrected chi connectivity index (χ4v) is 4.02. The van der Waals surface area contributed by atoms with Gasteiger partial charge in [0.25, 0.3) is 0 Å². The van der Waals surface area contributed by atoms with E-state index in [9.17, 15) is 8.42 Å². The number of hydrogen-bond donors (Lipinski definition) is 1. The minimum absolute atomic E-state index is 0.00989. The van der Waals surface area contributed by atoms with Gasteiger partial charge in [-0.15, -0.1) is 0 Å². The van der Waals surface area contributed by atoms with Gasteiger partial charge in [0.2, 0.25) is 10.0 Å². The Hall–Kier alpha value is -0.170. The van der Waals surface area contributed by atoms with Crippen LogP contribution in [0.2, 0.25) is 5.15 Å². The van der Waals surface area contributed by atoms with E-state index in [0.29, 0.717) is 10.4 Å². The fourth-order valence-electron chi connectivity index (χ4n) is 1.82. The second kappa shape index (κ2) is 5.45. The Morgan fingerprint density at radius 3 is 2.89 bits per heavy atom. The lowest BCUT2D eigenvalue weighted by Gasteiger charge is -2.14. The van der Waals surface area contributed by atoms with E-state index < -0.39 is 10.0 Å². The largest absolute Gasteiger partial charge is 0.243 e. The average Bonchev–Trinajstić information content (AvgIpc) is 3.04. The van der Waals surface area contributed by atoms with Gasteiger partial charge in [-0.2, -0.15) is 0 Å². The molecule has 1 N–H and O–H groups in total. The number of pyridine rings is 1. The summed E-state index contributed by atoms with van der Waals surface area (Å²) in [5, 5.41) is -0.00989. The van der Waals surface area contributed by atoms with Crippen LogP contribution in [0.3, 0.4) is 0 Å². The van der Waals surface area contributed by atoms with Gasteiger partial charge in [0.1, 0.15) is 10.0 Å². The van der Waals surface area contributed by atoms with Gasteiger partial charge in [-0.1, -0.05) is 24.4 Å². The second-order valence-electron chi connectivity index (χ2n) is 4.64. The van der Waals surface area contributed by atoms with Crippen molar-refractivity contribution in [3.63, 3.8) is 0 Å². The molecule has 18 heavy (non-hydrogen) atoms. The first-order valence-corrected chi connectivity index (χ1v) is 8.37. The molecule has 4 nitrogen and oxygen atoms in total. The summed E-state index contributed by atoms with van der Waals surface area (Å²) >= 11 is 9.02. The van der Waals surface area contributed by atoms with Crippen LogP contribution < -0.4 is 4.72 Å². The van der Waals surface area contributed by atoms with Crippen molar-refractivity contribution < 1.29 is 8.42 Å². The number of sulfonamides is 1. The lowest BCUT2D eigenvalue weighted by Crippen LogP contribution is -2.33. The molecule has 0 amide bonds. The van der Waals surface area contributed by atoms with Crippen LogP contribution in [0, 0.1) is 5.92 Å². The lowest BCUT2D eigenvalue weighted by atomic mass is 10.2. The smallest absolute Gasteiger partial charge is 0.242 e. The van der Waals surface area contributed by atoms with Crippen molar-refractivity contribution in [1.29, 1.82) is 0 Å². The molecule has 1 saturated carbocycles. The van der Waals surface area contributed by atoms with E-state index in [2.05, 4.69) is 25.6 Å². The molecule has 0 saturated heterocycles. The first-order valence-electron chi connectivity index (χ1n) is 5.72. The van der Waals surface area contributed by atoms with Gasteiger partial charge in [0, 0.05) is 16.7 Å². The van der Waals surface area contributed by atoms with Crippen molar-refractivity contribution in [2.24, 2.45) is 5.92 Å². The van der Waals surface area contributed by atoms with Crippen LogP contribution in [0.15, 0.2) is 21.6 Å². The highest BCUT2D eigenvalue weighted by Crippen LogP contribution is 2.33. The van der Waals surface area contributed by atoms with Crippen LogP contribution >= 0.6 is 27.5 Å². The summed E-state index contributed by atoms with van der Waals surface area (Å²) in [5.41, 5.74) is 0. The van der Waals surface area contributed by atoms with Gasteiger partial charge >= 0.3 is 0 Å². The number of hydrogen-bond acceptors (Lipinski definition) is 3. The molecule has 1 aliphatic rings. The maximum absolute atomic E-state index is 12.2. The summed E-state index contributed by atoms with van der Waals surface area (Å²) in [5.74, 6) is 0.666. The highest BCUT2D eigenvalue weighted by molar-refractivity contribution is 9.10. The zero-order chi connectivity index (χ0) is 13.3. The molecule has 0 bridgehead atoms. The molecule has 0 radical (unpaired) electrons. The molecule has 0 aliphatic heterocycles. The minimum Gasteiger partial charge on any atom is -0.242 e. The quantitative estimate of drug-likeness (QED) is 0.828. The van der Waals surface area contributed by atoms with Crippen LogP contribution in [0.4, 0.5) is 0 Å². The second-order valence-corrected chi connectivity index (χ2v) is 7.60. The fraction of sp³-hybridized carbons (Fsp3) is 0.545. The maximum Gasteiger partial charge on any atom is 0.243 e. The summed E-state index contributed by atoms with van der Waals surface area (Å²) in [6.07, 6.45) is 4.74. The molecular weight excluding hydrogens is 340 g/mol. The van der Waals surface area contributed by atoms with Crippen LogP contribution in [-0.2, 0) is 10.0 Å². The van der Waals surface area contributed by atoms with Crippen molar-refractivity contribution in [1.82, 2.24) is 9.71 Å². The zero-order valence-electron chi connectivity index (χ0n) is 9.86. The highest BCUT2D eigenvalue weighted by Gasteiger charge is 2.27. The third-order valence-corrected chi connectivity index (χ3v) is 5.25. The van der Waals surface area contributed by atoms with E-state index in [1.54, 1.807) is 0 Å². The van der Waals surface area contributed by atoms with E-state index >= 15 is 0 Å². The van der Waals surface area contributed by atoms with Gasteiger partial charge < -0.3 is 0 Å². The molecular formula is C11H14BrClN2O2S. The Balaban J connectivity index is 2.16. The third-order valence-electron chi connectivity index (χ3n) is 2.80. The van der Waals surface area contributed by atoms with Crippen LogP contribution in [-0.4, -0.2) is 19.4 Å². The third kappa shape index (κ3) is 3.66. The molecule has 1 aromatic heterocycles. The molecule has 7 heteroatoms. The predicted octanol–water partition coefficient (Wildman–Crippen LogP) is 2.96. The molecule has 1 heterocycles. The van der Waals surface area contributed by atoms with E-state index in [1.807, 2.05) is 6.92 Å². The van der Waals surface area contributed by atoms with E-state index in [-0.39, 0.29) is 16.1 Å². The van der Waals surface area contributed by atoms with Gasteiger partial charge in [0.15, 0.2) is 0 Å². The Kier molecular flexibility index (Phi) is 4.31. The van der Waals surface area contributed by atoms with Gasteiger partial charge in [-0.3, -0.25) is 0 Å². The van der Waals surface area contributed by atoms with Gasteiger partial charge in [0.05, 0.1) is 0 Å². The van der Waals surface area contributed by atoms with E-state index in [0.717, 1.165) is 6.42 Å². The van der Waals surface area contributed by atoms with Crippen LogP contribution in [0.25, 0.3) is 0 Å². The van der Waals surface area contributed by atoms with Crippen molar-refractivity contribution in [2.45, 2.75) is 37.1 Å². The molecule has 1 fully saturated rings. The van der Waals surface area contributed by atoms with Crippen molar-refractivity contribution >= 4 is 37.6 Å².